The Morgan fingerprint density at radius 3 is 1.92 bits per heavy atom. The number of aryl methyl sites for hydroxylation is 1. The molecule has 0 amide bonds. The van der Waals surface area contributed by atoms with Crippen molar-refractivity contribution in [3.05, 3.63) is 156 Å². The van der Waals surface area contributed by atoms with Crippen LogP contribution >= 0.6 is 0 Å². The van der Waals surface area contributed by atoms with Gasteiger partial charge in [-0.2, -0.15) is 0 Å². The van der Waals surface area contributed by atoms with E-state index < -0.39 is 0 Å². The first-order valence-electron chi connectivity index (χ1n) is 13.4. The predicted molar refractivity (Wildman–Crippen MR) is 161 cm³/mol. The Labute approximate surface area is 225 Å². The standard InChI is InChI=1S/C37H29N/c1-26-12-10-17-29(24-26)30-22-23-34-33-18-8-9-21-35(33)38(36(34)25-30)37-31(27-13-4-2-5-14-27)19-11-20-32(37)28-15-6-3-7-16-28/h2-17,19-25,33H,18H2,1H3. The Morgan fingerprint density at radius 1 is 0.605 bits per heavy atom. The molecule has 1 heteroatoms. The van der Waals surface area contributed by atoms with Crippen molar-refractivity contribution in [1.29, 1.82) is 0 Å². The zero-order chi connectivity index (χ0) is 25.5. The lowest BCUT2D eigenvalue weighted by Gasteiger charge is -2.29. The van der Waals surface area contributed by atoms with E-state index in [0.29, 0.717) is 5.92 Å². The molecule has 0 spiro atoms. The van der Waals surface area contributed by atoms with Crippen LogP contribution < -0.4 is 4.90 Å². The van der Waals surface area contributed by atoms with Crippen LogP contribution in [0.1, 0.15) is 23.5 Å². The number of allylic oxidation sites excluding steroid dienone is 4. The molecule has 0 aromatic heterocycles. The van der Waals surface area contributed by atoms with Crippen LogP contribution in [-0.2, 0) is 0 Å². The van der Waals surface area contributed by atoms with Crippen molar-refractivity contribution in [2.45, 2.75) is 19.3 Å². The Kier molecular flexibility index (Phi) is 5.56. The van der Waals surface area contributed by atoms with Gasteiger partial charge < -0.3 is 4.90 Å². The van der Waals surface area contributed by atoms with E-state index in [4.69, 9.17) is 0 Å². The van der Waals surface area contributed by atoms with Gasteiger partial charge in [-0.3, -0.25) is 0 Å². The van der Waals surface area contributed by atoms with Crippen molar-refractivity contribution in [2.24, 2.45) is 0 Å². The highest BCUT2D eigenvalue weighted by atomic mass is 15.2. The molecule has 1 aliphatic heterocycles. The summed E-state index contributed by atoms with van der Waals surface area (Å²) in [5, 5.41) is 0. The van der Waals surface area contributed by atoms with Gasteiger partial charge in [-0.25, -0.2) is 0 Å². The zero-order valence-corrected chi connectivity index (χ0v) is 21.5. The highest BCUT2D eigenvalue weighted by molar-refractivity contribution is 5.98. The fourth-order valence-electron chi connectivity index (χ4n) is 6.05. The molecule has 38 heavy (non-hydrogen) atoms. The van der Waals surface area contributed by atoms with E-state index in [-0.39, 0.29) is 0 Å². The second-order valence-corrected chi connectivity index (χ2v) is 10.2. The largest absolute Gasteiger partial charge is 0.312 e. The number of hydrogen-bond donors (Lipinski definition) is 0. The fraction of sp³-hybridized carbons (Fsp3) is 0.0811. The van der Waals surface area contributed by atoms with E-state index in [0.717, 1.165) is 6.42 Å². The van der Waals surface area contributed by atoms with Crippen LogP contribution in [0.2, 0.25) is 0 Å². The fourth-order valence-corrected chi connectivity index (χ4v) is 6.05. The van der Waals surface area contributed by atoms with Gasteiger partial charge in [0, 0.05) is 22.7 Å². The molecule has 182 valence electrons. The number of anilines is 2. The van der Waals surface area contributed by atoms with Gasteiger partial charge in [0.2, 0.25) is 0 Å². The Bertz CT molecular complexity index is 1630. The van der Waals surface area contributed by atoms with E-state index >= 15 is 0 Å². The van der Waals surface area contributed by atoms with Crippen molar-refractivity contribution in [3.63, 3.8) is 0 Å². The number of fused-ring (bicyclic) bond motifs is 3. The van der Waals surface area contributed by atoms with E-state index in [9.17, 15) is 0 Å². The average Bonchev–Trinajstić information content (AvgIpc) is 3.31. The van der Waals surface area contributed by atoms with E-state index in [2.05, 4.69) is 151 Å². The van der Waals surface area contributed by atoms with E-state index in [1.165, 1.54) is 61.6 Å². The average molecular weight is 488 g/mol. The Hall–Kier alpha value is -4.62. The lowest BCUT2D eigenvalue weighted by molar-refractivity contribution is 0.820. The second kappa shape index (κ2) is 9.36. The molecule has 1 atom stereocenters. The van der Waals surface area contributed by atoms with Crippen molar-refractivity contribution in [2.75, 3.05) is 4.90 Å². The van der Waals surface area contributed by atoms with Gasteiger partial charge in [-0.1, -0.05) is 133 Å². The van der Waals surface area contributed by atoms with Gasteiger partial charge >= 0.3 is 0 Å². The molecule has 0 fully saturated rings. The summed E-state index contributed by atoms with van der Waals surface area (Å²) in [4.78, 5) is 2.55. The Balaban J connectivity index is 1.52. The first kappa shape index (κ1) is 22.6. The maximum absolute atomic E-state index is 2.55. The molecule has 5 aromatic carbocycles. The minimum atomic E-state index is 0.356. The third-order valence-electron chi connectivity index (χ3n) is 7.82. The number of rotatable bonds is 4. The molecule has 1 nitrogen and oxygen atoms in total. The maximum Gasteiger partial charge on any atom is 0.0615 e. The van der Waals surface area contributed by atoms with Crippen LogP contribution in [0.5, 0.6) is 0 Å². The summed E-state index contributed by atoms with van der Waals surface area (Å²) < 4.78 is 0. The molecule has 0 radical (unpaired) electrons. The summed E-state index contributed by atoms with van der Waals surface area (Å²) in [5.41, 5.74) is 14.0. The van der Waals surface area contributed by atoms with Crippen molar-refractivity contribution in [1.82, 2.24) is 0 Å². The molecule has 2 aliphatic rings. The second-order valence-electron chi connectivity index (χ2n) is 10.2. The van der Waals surface area contributed by atoms with Crippen LogP contribution in [0.3, 0.4) is 0 Å². The van der Waals surface area contributed by atoms with Gasteiger partial charge in [-0.15, -0.1) is 0 Å². The lowest BCUT2D eigenvalue weighted by Crippen LogP contribution is -2.16. The number of nitrogens with zero attached hydrogens (tertiary/aromatic N) is 1. The molecule has 0 saturated heterocycles. The molecule has 7 rings (SSSR count). The predicted octanol–water partition coefficient (Wildman–Crippen LogP) is 10.1. The molecule has 5 aromatic rings. The summed E-state index contributed by atoms with van der Waals surface area (Å²) in [5.74, 6) is 0.356. The van der Waals surface area contributed by atoms with Gasteiger partial charge in [0.25, 0.3) is 0 Å². The SMILES string of the molecule is Cc1cccc(-c2ccc3c(c2)N(c2c(-c4ccccc4)cccc2-c2ccccc2)C2=CC=CCC23)c1. The van der Waals surface area contributed by atoms with E-state index in [1.54, 1.807) is 0 Å². The molecule has 0 N–H and O–H groups in total. The first-order chi connectivity index (χ1) is 18.8. The monoisotopic (exact) mass is 487 g/mol. The summed E-state index contributed by atoms with van der Waals surface area (Å²) in [6.45, 7) is 2.16. The molecular formula is C37H29N. The highest BCUT2D eigenvalue weighted by Gasteiger charge is 2.37. The quantitative estimate of drug-likeness (QED) is 0.244. The summed E-state index contributed by atoms with van der Waals surface area (Å²) in [6, 6.07) is 44.2. The van der Waals surface area contributed by atoms with Crippen LogP contribution in [0.4, 0.5) is 11.4 Å². The summed E-state index contributed by atoms with van der Waals surface area (Å²) in [6.07, 6.45) is 7.86. The van der Waals surface area contributed by atoms with Crippen molar-refractivity contribution < 1.29 is 0 Å². The van der Waals surface area contributed by atoms with E-state index in [1.807, 2.05) is 0 Å². The maximum atomic E-state index is 2.55. The van der Waals surface area contributed by atoms with Gasteiger partial charge in [0.1, 0.15) is 0 Å². The number of hydrogen-bond acceptors (Lipinski definition) is 1. The lowest BCUT2D eigenvalue weighted by atomic mass is 9.91. The highest BCUT2D eigenvalue weighted by Crippen LogP contribution is 2.55. The van der Waals surface area contributed by atoms with Gasteiger partial charge in [0.15, 0.2) is 0 Å². The van der Waals surface area contributed by atoms with Crippen LogP contribution in [-0.4, -0.2) is 0 Å². The summed E-state index contributed by atoms with van der Waals surface area (Å²) in [7, 11) is 0. The van der Waals surface area contributed by atoms with Crippen LogP contribution in [0.15, 0.2) is 145 Å². The smallest absolute Gasteiger partial charge is 0.0615 e. The number of para-hydroxylation sites is 1. The van der Waals surface area contributed by atoms with Gasteiger partial charge in [-0.05, 0) is 53.3 Å². The third kappa shape index (κ3) is 3.79. The molecule has 1 aliphatic carbocycles. The Morgan fingerprint density at radius 2 is 1.24 bits per heavy atom. The van der Waals surface area contributed by atoms with Crippen molar-refractivity contribution in [3.8, 4) is 33.4 Å². The molecule has 0 saturated carbocycles. The van der Waals surface area contributed by atoms with Gasteiger partial charge in [0.05, 0.1) is 11.4 Å². The van der Waals surface area contributed by atoms with Crippen LogP contribution in [0.25, 0.3) is 33.4 Å². The number of benzene rings is 5. The molecule has 1 heterocycles. The minimum absolute atomic E-state index is 0.356. The zero-order valence-electron chi connectivity index (χ0n) is 21.5. The molecular weight excluding hydrogens is 458 g/mol. The topological polar surface area (TPSA) is 3.24 Å². The molecule has 1 unspecified atom stereocenters. The normalized spacial score (nSPS) is 15.7. The van der Waals surface area contributed by atoms with Crippen LogP contribution in [0, 0.1) is 6.92 Å². The van der Waals surface area contributed by atoms with Crippen molar-refractivity contribution >= 4 is 11.4 Å². The third-order valence-corrected chi connectivity index (χ3v) is 7.82. The first-order valence-corrected chi connectivity index (χ1v) is 13.4. The minimum Gasteiger partial charge on any atom is -0.312 e. The molecule has 0 bridgehead atoms. The summed E-state index contributed by atoms with van der Waals surface area (Å²) >= 11 is 0.